The molecule has 0 aromatic carbocycles. The first kappa shape index (κ1) is 24.2. The minimum atomic E-state index is -2.93. The Labute approximate surface area is 169 Å². The molecule has 7 nitrogen and oxygen atoms in total. The van der Waals surface area contributed by atoms with Gasteiger partial charge in [0.05, 0.1) is 11.4 Å². The van der Waals surface area contributed by atoms with E-state index in [0.717, 1.165) is 24.5 Å². The van der Waals surface area contributed by atoms with E-state index in [2.05, 4.69) is 40.6 Å². The van der Waals surface area contributed by atoms with Gasteiger partial charge in [-0.3, -0.25) is 9.67 Å². The average Bonchev–Trinajstić information content (AvgIpc) is 2.78. The minimum Gasteiger partial charge on any atom is -0.356 e. The van der Waals surface area contributed by atoms with Crippen molar-refractivity contribution in [3.8, 4) is 0 Å². The van der Waals surface area contributed by atoms with Gasteiger partial charge in [-0.2, -0.15) is 5.10 Å². The van der Waals surface area contributed by atoms with Crippen molar-refractivity contribution in [1.29, 1.82) is 0 Å². The number of aryl methyl sites for hydroxylation is 2. The molecule has 0 spiro atoms. The first-order valence-electron chi connectivity index (χ1n) is 8.26. The predicted octanol–water partition coefficient (Wildman–Crippen LogP) is 1.74. The summed E-state index contributed by atoms with van der Waals surface area (Å²) in [5.74, 6) is 1.25. The second kappa shape index (κ2) is 11.0. The lowest BCUT2D eigenvalue weighted by atomic mass is 10.2. The number of sulfone groups is 1. The van der Waals surface area contributed by atoms with Crippen LogP contribution in [-0.2, 0) is 16.4 Å². The summed E-state index contributed by atoms with van der Waals surface area (Å²) < 4.78 is 24.5. The van der Waals surface area contributed by atoms with Gasteiger partial charge < -0.3 is 10.6 Å². The van der Waals surface area contributed by atoms with E-state index in [4.69, 9.17) is 0 Å². The van der Waals surface area contributed by atoms with Gasteiger partial charge >= 0.3 is 0 Å². The van der Waals surface area contributed by atoms with Crippen molar-refractivity contribution < 1.29 is 8.42 Å². The van der Waals surface area contributed by atoms with Gasteiger partial charge in [0, 0.05) is 38.1 Å². The average molecular weight is 485 g/mol. The quantitative estimate of drug-likeness (QED) is 0.333. The third-order valence-corrected chi connectivity index (χ3v) is 4.71. The van der Waals surface area contributed by atoms with Gasteiger partial charge in [-0.15, -0.1) is 24.0 Å². The smallest absolute Gasteiger partial charge is 0.191 e. The van der Waals surface area contributed by atoms with E-state index in [1.165, 1.54) is 6.26 Å². The van der Waals surface area contributed by atoms with Crippen molar-refractivity contribution >= 4 is 39.8 Å². The van der Waals surface area contributed by atoms with Gasteiger partial charge in [0.25, 0.3) is 0 Å². The first-order valence-corrected chi connectivity index (χ1v) is 10.3. The van der Waals surface area contributed by atoms with E-state index in [0.29, 0.717) is 18.3 Å². The van der Waals surface area contributed by atoms with Crippen molar-refractivity contribution in [2.75, 3.05) is 25.6 Å². The standard InChI is InChI=1S/C16H31N5O2S.HI/c1-12(11-21-15(4)9-14(3)20-21)10-18-16(17-5)19-13(2)7-8-24(6,22)23;/h9,12-13H,7-8,10-11H2,1-6H3,(H2,17,18,19);1H. The van der Waals surface area contributed by atoms with Crippen LogP contribution in [0.1, 0.15) is 31.7 Å². The molecule has 0 amide bonds. The Morgan fingerprint density at radius 2 is 2.00 bits per heavy atom. The fourth-order valence-electron chi connectivity index (χ4n) is 2.38. The van der Waals surface area contributed by atoms with Crippen molar-refractivity contribution in [2.24, 2.45) is 10.9 Å². The van der Waals surface area contributed by atoms with Crippen LogP contribution in [0.2, 0.25) is 0 Å². The second-order valence-corrected chi connectivity index (χ2v) is 8.89. The highest BCUT2D eigenvalue weighted by Crippen LogP contribution is 2.05. The number of rotatable bonds is 8. The molecule has 25 heavy (non-hydrogen) atoms. The molecule has 0 saturated heterocycles. The molecule has 1 rings (SSSR count). The number of aliphatic imine (C=N–C) groups is 1. The van der Waals surface area contributed by atoms with E-state index in [1.54, 1.807) is 7.05 Å². The molecule has 0 aliphatic heterocycles. The van der Waals surface area contributed by atoms with Crippen LogP contribution in [0.4, 0.5) is 0 Å². The summed E-state index contributed by atoms with van der Waals surface area (Å²) in [4.78, 5) is 4.20. The topological polar surface area (TPSA) is 88.4 Å². The monoisotopic (exact) mass is 485 g/mol. The Kier molecular flexibility index (Phi) is 10.6. The van der Waals surface area contributed by atoms with E-state index < -0.39 is 9.84 Å². The highest BCUT2D eigenvalue weighted by molar-refractivity contribution is 14.0. The van der Waals surface area contributed by atoms with E-state index in [1.807, 2.05) is 18.5 Å². The minimum absolute atomic E-state index is 0. The Hall–Kier alpha value is -0.840. The highest BCUT2D eigenvalue weighted by Gasteiger charge is 2.11. The van der Waals surface area contributed by atoms with Crippen molar-refractivity contribution in [3.05, 3.63) is 17.5 Å². The fraction of sp³-hybridized carbons (Fsp3) is 0.750. The van der Waals surface area contributed by atoms with Crippen LogP contribution in [0.3, 0.4) is 0 Å². The molecule has 0 saturated carbocycles. The second-order valence-electron chi connectivity index (χ2n) is 6.63. The number of nitrogens with zero attached hydrogens (tertiary/aromatic N) is 3. The van der Waals surface area contributed by atoms with Gasteiger partial charge in [-0.1, -0.05) is 6.92 Å². The summed E-state index contributed by atoms with van der Waals surface area (Å²) >= 11 is 0. The van der Waals surface area contributed by atoms with E-state index in [9.17, 15) is 8.42 Å². The van der Waals surface area contributed by atoms with Crippen molar-refractivity contribution in [3.63, 3.8) is 0 Å². The number of hydrogen-bond acceptors (Lipinski definition) is 4. The van der Waals surface area contributed by atoms with Gasteiger partial charge in [0.2, 0.25) is 0 Å². The van der Waals surface area contributed by atoms with Gasteiger partial charge in [0.1, 0.15) is 9.84 Å². The molecule has 2 atom stereocenters. The summed E-state index contributed by atoms with van der Waals surface area (Å²) in [7, 11) is -1.22. The summed E-state index contributed by atoms with van der Waals surface area (Å²) in [5, 5.41) is 11.0. The zero-order valence-electron chi connectivity index (χ0n) is 16.0. The molecule has 0 fully saturated rings. The number of aromatic nitrogens is 2. The molecular formula is C16H32IN5O2S. The summed E-state index contributed by atoms with van der Waals surface area (Å²) in [6, 6.07) is 2.11. The number of guanidine groups is 1. The van der Waals surface area contributed by atoms with E-state index >= 15 is 0 Å². The Morgan fingerprint density at radius 1 is 1.36 bits per heavy atom. The zero-order valence-corrected chi connectivity index (χ0v) is 19.2. The number of nitrogens with one attached hydrogen (secondary N) is 2. The number of halogens is 1. The highest BCUT2D eigenvalue weighted by atomic mass is 127. The maximum atomic E-state index is 11.2. The zero-order chi connectivity index (χ0) is 18.3. The molecule has 0 aliphatic carbocycles. The first-order chi connectivity index (χ1) is 11.1. The molecule has 0 bridgehead atoms. The van der Waals surface area contributed by atoms with Crippen LogP contribution in [0.15, 0.2) is 11.1 Å². The molecule has 2 N–H and O–H groups in total. The molecule has 146 valence electrons. The van der Waals surface area contributed by atoms with Crippen LogP contribution in [0.25, 0.3) is 0 Å². The molecule has 0 aliphatic rings. The Morgan fingerprint density at radius 3 is 2.48 bits per heavy atom. The summed E-state index contributed by atoms with van der Waals surface area (Å²) in [5.41, 5.74) is 2.20. The predicted molar refractivity (Wildman–Crippen MR) is 115 cm³/mol. The van der Waals surface area contributed by atoms with Gasteiger partial charge in [-0.25, -0.2) is 8.42 Å². The lowest BCUT2D eigenvalue weighted by molar-refractivity contribution is 0.434. The van der Waals surface area contributed by atoms with E-state index in [-0.39, 0.29) is 35.8 Å². The van der Waals surface area contributed by atoms with Crippen molar-refractivity contribution in [2.45, 2.75) is 46.7 Å². The number of hydrogen-bond donors (Lipinski definition) is 2. The maximum Gasteiger partial charge on any atom is 0.191 e. The molecule has 1 aromatic heterocycles. The van der Waals surface area contributed by atoms with Crippen LogP contribution in [0.5, 0.6) is 0 Å². The van der Waals surface area contributed by atoms with Crippen LogP contribution >= 0.6 is 24.0 Å². The molecule has 2 unspecified atom stereocenters. The SMILES string of the molecule is CN=C(NCC(C)Cn1nc(C)cc1C)NC(C)CCS(C)(=O)=O.I. The maximum absolute atomic E-state index is 11.2. The lowest BCUT2D eigenvalue weighted by Crippen LogP contribution is -2.44. The van der Waals surface area contributed by atoms with Crippen molar-refractivity contribution in [1.82, 2.24) is 20.4 Å². The molecular weight excluding hydrogens is 453 g/mol. The normalized spacial score (nSPS) is 14.6. The third kappa shape index (κ3) is 10.0. The third-order valence-electron chi connectivity index (χ3n) is 3.73. The largest absolute Gasteiger partial charge is 0.356 e. The molecule has 1 heterocycles. The van der Waals surface area contributed by atoms with Crippen LogP contribution in [0, 0.1) is 19.8 Å². The summed E-state index contributed by atoms with van der Waals surface area (Å²) in [6.07, 6.45) is 1.81. The Balaban J connectivity index is 0.00000576. The van der Waals surface area contributed by atoms with Gasteiger partial charge in [-0.05, 0) is 39.2 Å². The molecule has 9 heteroatoms. The van der Waals surface area contributed by atoms with Crippen LogP contribution < -0.4 is 10.6 Å². The van der Waals surface area contributed by atoms with Gasteiger partial charge in [0.15, 0.2) is 5.96 Å². The molecule has 0 radical (unpaired) electrons. The molecule has 1 aromatic rings. The van der Waals surface area contributed by atoms with Crippen LogP contribution in [-0.4, -0.2) is 55.8 Å². The Bertz CT molecular complexity index is 657. The summed E-state index contributed by atoms with van der Waals surface area (Å²) in [6.45, 7) is 9.77. The fourth-order valence-corrected chi connectivity index (χ4v) is 3.16. The lowest BCUT2D eigenvalue weighted by Gasteiger charge is -2.20.